The molecule has 1 amide bonds. The highest BCUT2D eigenvalue weighted by atomic mass is 35.5. The van der Waals surface area contributed by atoms with Gasteiger partial charge in [-0.05, 0) is 25.7 Å². The molecular formula is C12H25ClN2O2. The molecule has 102 valence electrons. The third-order valence-electron chi connectivity index (χ3n) is 3.56. The van der Waals surface area contributed by atoms with Crippen LogP contribution in [0.25, 0.3) is 0 Å². The van der Waals surface area contributed by atoms with Crippen LogP contribution in [0.1, 0.15) is 40.0 Å². The molecule has 5 heteroatoms. The van der Waals surface area contributed by atoms with Crippen molar-refractivity contribution in [3.8, 4) is 0 Å². The molecule has 0 saturated carbocycles. The van der Waals surface area contributed by atoms with E-state index in [4.69, 9.17) is 10.5 Å². The average molecular weight is 265 g/mol. The lowest BCUT2D eigenvalue weighted by Crippen LogP contribution is -2.55. The standard InChI is InChI=1S/C12H24N2O2.ClH/c1-9(2)12(3,8-13)14-11(15)7-10-5-4-6-16-10;/h9-10H,4-8,13H2,1-3H3,(H,14,15);1H. The second-order valence-corrected chi connectivity index (χ2v) is 5.16. The van der Waals surface area contributed by atoms with Gasteiger partial charge >= 0.3 is 0 Å². The van der Waals surface area contributed by atoms with Gasteiger partial charge in [-0.3, -0.25) is 4.79 Å². The normalized spacial score (nSPS) is 23.0. The molecule has 17 heavy (non-hydrogen) atoms. The van der Waals surface area contributed by atoms with Crippen molar-refractivity contribution in [2.45, 2.75) is 51.7 Å². The van der Waals surface area contributed by atoms with Gasteiger partial charge in [0.2, 0.25) is 5.91 Å². The Morgan fingerprint density at radius 2 is 2.24 bits per heavy atom. The molecule has 0 radical (unpaired) electrons. The fraction of sp³-hybridized carbons (Fsp3) is 0.917. The van der Waals surface area contributed by atoms with Gasteiger partial charge in [-0.1, -0.05) is 13.8 Å². The van der Waals surface area contributed by atoms with E-state index in [2.05, 4.69) is 19.2 Å². The summed E-state index contributed by atoms with van der Waals surface area (Å²) in [6, 6.07) is 0. The van der Waals surface area contributed by atoms with Crippen LogP contribution in [-0.4, -0.2) is 30.7 Å². The maximum atomic E-state index is 11.8. The Morgan fingerprint density at radius 1 is 1.59 bits per heavy atom. The maximum Gasteiger partial charge on any atom is 0.223 e. The Kier molecular flexibility index (Phi) is 7.05. The Hall–Kier alpha value is -0.320. The smallest absolute Gasteiger partial charge is 0.223 e. The minimum absolute atomic E-state index is 0. The maximum absolute atomic E-state index is 11.8. The molecule has 0 bridgehead atoms. The number of nitrogens with two attached hydrogens (primary N) is 1. The van der Waals surface area contributed by atoms with Crippen molar-refractivity contribution in [1.29, 1.82) is 0 Å². The van der Waals surface area contributed by atoms with E-state index in [-0.39, 0.29) is 30.0 Å². The van der Waals surface area contributed by atoms with Crippen LogP contribution in [0.2, 0.25) is 0 Å². The molecule has 1 saturated heterocycles. The largest absolute Gasteiger partial charge is 0.378 e. The number of hydrogen-bond donors (Lipinski definition) is 2. The average Bonchev–Trinajstić information content (AvgIpc) is 2.69. The highest BCUT2D eigenvalue weighted by molar-refractivity contribution is 5.85. The molecule has 3 N–H and O–H groups in total. The van der Waals surface area contributed by atoms with E-state index in [1.54, 1.807) is 0 Å². The molecule has 1 aliphatic heterocycles. The second-order valence-electron chi connectivity index (χ2n) is 5.16. The second kappa shape index (κ2) is 7.19. The van der Waals surface area contributed by atoms with E-state index in [0.717, 1.165) is 19.4 Å². The number of halogens is 1. The van der Waals surface area contributed by atoms with Crippen molar-refractivity contribution in [3.05, 3.63) is 0 Å². The lowest BCUT2D eigenvalue weighted by Gasteiger charge is -2.33. The van der Waals surface area contributed by atoms with Gasteiger partial charge in [0, 0.05) is 13.2 Å². The zero-order chi connectivity index (χ0) is 12.2. The molecule has 0 spiro atoms. The van der Waals surface area contributed by atoms with E-state index in [1.807, 2.05) is 6.92 Å². The van der Waals surface area contributed by atoms with Gasteiger partial charge in [0.15, 0.2) is 0 Å². The molecule has 0 aliphatic carbocycles. The SMILES string of the molecule is CC(C)C(C)(CN)NC(=O)CC1CCCO1.Cl. The molecule has 1 aliphatic rings. The number of amides is 1. The lowest BCUT2D eigenvalue weighted by atomic mass is 9.88. The quantitative estimate of drug-likeness (QED) is 0.790. The first-order valence-electron chi connectivity index (χ1n) is 6.10. The van der Waals surface area contributed by atoms with Crippen LogP contribution >= 0.6 is 12.4 Å². The van der Waals surface area contributed by atoms with Gasteiger partial charge in [-0.15, -0.1) is 12.4 Å². The van der Waals surface area contributed by atoms with Crippen molar-refractivity contribution in [2.24, 2.45) is 11.7 Å². The predicted octanol–water partition coefficient (Wildman–Crippen LogP) is 1.47. The van der Waals surface area contributed by atoms with Crippen LogP contribution in [0.3, 0.4) is 0 Å². The number of nitrogens with one attached hydrogen (secondary N) is 1. The zero-order valence-corrected chi connectivity index (χ0v) is 11.8. The van der Waals surface area contributed by atoms with Gasteiger partial charge in [0.05, 0.1) is 18.1 Å². The molecule has 2 atom stereocenters. The van der Waals surface area contributed by atoms with Gasteiger partial charge in [-0.25, -0.2) is 0 Å². The molecule has 2 unspecified atom stereocenters. The van der Waals surface area contributed by atoms with Gasteiger partial charge in [0.25, 0.3) is 0 Å². The molecule has 0 aromatic rings. The zero-order valence-electron chi connectivity index (χ0n) is 11.0. The first-order chi connectivity index (χ1) is 7.48. The first-order valence-corrected chi connectivity index (χ1v) is 6.10. The van der Waals surface area contributed by atoms with Gasteiger partial charge in [-0.2, -0.15) is 0 Å². The van der Waals surface area contributed by atoms with Crippen LogP contribution in [-0.2, 0) is 9.53 Å². The van der Waals surface area contributed by atoms with Crippen molar-refractivity contribution in [2.75, 3.05) is 13.2 Å². The highest BCUT2D eigenvalue weighted by Crippen LogP contribution is 2.18. The topological polar surface area (TPSA) is 64.3 Å². The van der Waals surface area contributed by atoms with Crippen LogP contribution in [0.15, 0.2) is 0 Å². The molecule has 1 fully saturated rings. The van der Waals surface area contributed by atoms with Gasteiger partial charge in [0.1, 0.15) is 0 Å². The Bertz CT molecular complexity index is 243. The summed E-state index contributed by atoms with van der Waals surface area (Å²) in [5.74, 6) is 0.375. The number of hydrogen-bond acceptors (Lipinski definition) is 3. The Balaban J connectivity index is 0.00000256. The number of rotatable bonds is 5. The van der Waals surface area contributed by atoms with Crippen molar-refractivity contribution >= 4 is 18.3 Å². The highest BCUT2D eigenvalue weighted by Gasteiger charge is 2.29. The number of ether oxygens (including phenoxy) is 1. The van der Waals surface area contributed by atoms with Crippen molar-refractivity contribution in [3.63, 3.8) is 0 Å². The molecular weight excluding hydrogens is 240 g/mol. The van der Waals surface area contributed by atoms with Crippen LogP contribution in [0.4, 0.5) is 0 Å². The summed E-state index contributed by atoms with van der Waals surface area (Å²) in [7, 11) is 0. The van der Waals surface area contributed by atoms with Crippen LogP contribution in [0, 0.1) is 5.92 Å². The summed E-state index contributed by atoms with van der Waals surface area (Å²) in [5.41, 5.74) is 5.41. The molecule has 4 nitrogen and oxygen atoms in total. The number of carbonyl (C=O) groups is 1. The lowest BCUT2D eigenvalue weighted by molar-refractivity contribution is -0.125. The summed E-state index contributed by atoms with van der Waals surface area (Å²) >= 11 is 0. The first kappa shape index (κ1) is 16.7. The summed E-state index contributed by atoms with van der Waals surface area (Å²) in [6.07, 6.45) is 2.63. The number of carbonyl (C=O) groups excluding carboxylic acids is 1. The fourth-order valence-electron chi connectivity index (χ4n) is 1.81. The molecule has 1 rings (SSSR count). The van der Waals surface area contributed by atoms with Crippen LogP contribution < -0.4 is 11.1 Å². The molecule has 0 aromatic heterocycles. The predicted molar refractivity (Wildman–Crippen MR) is 71.3 cm³/mol. The molecule has 1 heterocycles. The summed E-state index contributed by atoms with van der Waals surface area (Å²) in [4.78, 5) is 11.8. The van der Waals surface area contributed by atoms with Crippen LogP contribution in [0.5, 0.6) is 0 Å². The van der Waals surface area contributed by atoms with E-state index in [9.17, 15) is 4.79 Å². The Labute approximate surface area is 110 Å². The third-order valence-corrected chi connectivity index (χ3v) is 3.56. The monoisotopic (exact) mass is 264 g/mol. The van der Waals surface area contributed by atoms with E-state index in [1.165, 1.54) is 0 Å². The van der Waals surface area contributed by atoms with E-state index >= 15 is 0 Å². The van der Waals surface area contributed by atoms with Gasteiger partial charge < -0.3 is 15.8 Å². The van der Waals surface area contributed by atoms with Crippen molar-refractivity contribution < 1.29 is 9.53 Å². The minimum Gasteiger partial charge on any atom is -0.378 e. The molecule has 0 aromatic carbocycles. The summed E-state index contributed by atoms with van der Waals surface area (Å²) in [5, 5.41) is 3.03. The summed E-state index contributed by atoms with van der Waals surface area (Å²) < 4.78 is 5.44. The third kappa shape index (κ3) is 4.82. The minimum atomic E-state index is -0.310. The van der Waals surface area contributed by atoms with E-state index in [0.29, 0.717) is 18.9 Å². The summed E-state index contributed by atoms with van der Waals surface area (Å²) in [6.45, 7) is 7.38. The van der Waals surface area contributed by atoms with Crippen molar-refractivity contribution in [1.82, 2.24) is 5.32 Å². The fourth-order valence-corrected chi connectivity index (χ4v) is 1.81. The Morgan fingerprint density at radius 3 is 2.65 bits per heavy atom. The van der Waals surface area contributed by atoms with E-state index < -0.39 is 0 Å².